The molecule has 2 heterocycles. The van der Waals surface area contributed by atoms with Gasteiger partial charge in [0.05, 0.1) is 16.7 Å². The van der Waals surface area contributed by atoms with Gasteiger partial charge in [0.1, 0.15) is 0 Å². The summed E-state index contributed by atoms with van der Waals surface area (Å²) in [5.74, 6) is -0.545. The van der Waals surface area contributed by atoms with Crippen LogP contribution in [0.2, 0.25) is 0 Å². The van der Waals surface area contributed by atoms with Gasteiger partial charge in [-0.05, 0) is 12.5 Å². The fourth-order valence-corrected chi connectivity index (χ4v) is 3.28. The van der Waals surface area contributed by atoms with Gasteiger partial charge in [-0.3, -0.25) is 10.1 Å². The standard InChI is InChI=1S/C14H15FN4O2S/c15-12-10-11(19(20)21)2-3-13(12)17-5-1-6-18(8-7-17)14-16-4-9-22-14/h2-4,9-10H,1,5-8H2. The second kappa shape index (κ2) is 6.27. The Labute approximate surface area is 131 Å². The molecule has 0 saturated carbocycles. The van der Waals surface area contributed by atoms with Crippen LogP contribution in [-0.2, 0) is 0 Å². The summed E-state index contributed by atoms with van der Waals surface area (Å²) in [5, 5.41) is 13.6. The molecule has 0 atom stereocenters. The van der Waals surface area contributed by atoms with Crippen molar-refractivity contribution in [1.29, 1.82) is 0 Å². The fraction of sp³-hybridized carbons (Fsp3) is 0.357. The average molecular weight is 322 g/mol. The van der Waals surface area contributed by atoms with E-state index in [4.69, 9.17) is 0 Å². The highest BCUT2D eigenvalue weighted by atomic mass is 32.1. The fourth-order valence-electron chi connectivity index (χ4n) is 2.59. The van der Waals surface area contributed by atoms with Crippen LogP contribution in [0.15, 0.2) is 29.8 Å². The van der Waals surface area contributed by atoms with E-state index >= 15 is 0 Å². The molecule has 6 nitrogen and oxygen atoms in total. The Kier molecular flexibility index (Phi) is 4.19. The molecule has 22 heavy (non-hydrogen) atoms. The highest BCUT2D eigenvalue weighted by Crippen LogP contribution is 2.26. The van der Waals surface area contributed by atoms with Gasteiger partial charge in [-0.15, -0.1) is 11.3 Å². The first-order valence-electron chi connectivity index (χ1n) is 6.98. The minimum absolute atomic E-state index is 0.222. The summed E-state index contributed by atoms with van der Waals surface area (Å²) in [7, 11) is 0. The van der Waals surface area contributed by atoms with E-state index in [0.29, 0.717) is 12.2 Å². The Morgan fingerprint density at radius 2 is 2.00 bits per heavy atom. The Morgan fingerprint density at radius 1 is 1.23 bits per heavy atom. The van der Waals surface area contributed by atoms with Gasteiger partial charge in [-0.1, -0.05) is 0 Å². The lowest BCUT2D eigenvalue weighted by Gasteiger charge is -2.23. The van der Waals surface area contributed by atoms with Crippen molar-refractivity contribution in [3.05, 3.63) is 45.7 Å². The summed E-state index contributed by atoms with van der Waals surface area (Å²) in [4.78, 5) is 18.5. The van der Waals surface area contributed by atoms with Gasteiger partial charge < -0.3 is 9.80 Å². The molecule has 1 aliphatic rings. The lowest BCUT2D eigenvalue weighted by atomic mass is 10.2. The van der Waals surface area contributed by atoms with E-state index in [1.165, 1.54) is 12.1 Å². The maximum absolute atomic E-state index is 14.1. The summed E-state index contributed by atoms with van der Waals surface area (Å²) in [5.41, 5.74) is 0.201. The molecule has 116 valence electrons. The predicted molar refractivity (Wildman–Crippen MR) is 84.2 cm³/mol. The molecule has 0 bridgehead atoms. The number of nitro groups is 1. The van der Waals surface area contributed by atoms with Crippen LogP contribution in [0, 0.1) is 15.9 Å². The second-order valence-electron chi connectivity index (χ2n) is 5.04. The Hall–Kier alpha value is -2.22. The number of hydrogen-bond donors (Lipinski definition) is 0. The van der Waals surface area contributed by atoms with E-state index in [-0.39, 0.29) is 5.69 Å². The van der Waals surface area contributed by atoms with E-state index in [1.54, 1.807) is 17.5 Å². The molecule has 0 radical (unpaired) electrons. The first-order valence-corrected chi connectivity index (χ1v) is 7.86. The van der Waals surface area contributed by atoms with Crippen molar-refractivity contribution in [3.8, 4) is 0 Å². The van der Waals surface area contributed by atoms with E-state index in [2.05, 4.69) is 9.88 Å². The summed E-state index contributed by atoms with van der Waals surface area (Å²) in [6, 6.07) is 3.83. The highest BCUT2D eigenvalue weighted by molar-refractivity contribution is 7.13. The Morgan fingerprint density at radius 3 is 2.68 bits per heavy atom. The third-order valence-corrected chi connectivity index (χ3v) is 4.50. The molecule has 3 rings (SSSR count). The van der Waals surface area contributed by atoms with Crippen molar-refractivity contribution in [2.24, 2.45) is 0 Å². The van der Waals surface area contributed by atoms with Crippen LogP contribution < -0.4 is 9.80 Å². The number of non-ortho nitro benzene ring substituents is 1. The lowest BCUT2D eigenvalue weighted by molar-refractivity contribution is -0.385. The zero-order valence-electron chi connectivity index (χ0n) is 11.8. The SMILES string of the molecule is O=[N+]([O-])c1ccc(N2CCCN(c3nccs3)CC2)c(F)c1. The Balaban J connectivity index is 1.74. The number of nitro benzene ring substituents is 1. The zero-order chi connectivity index (χ0) is 15.5. The van der Waals surface area contributed by atoms with Gasteiger partial charge in [-0.25, -0.2) is 9.37 Å². The molecule has 0 aliphatic carbocycles. The number of halogens is 1. The van der Waals surface area contributed by atoms with Gasteiger partial charge >= 0.3 is 0 Å². The van der Waals surface area contributed by atoms with Crippen molar-refractivity contribution in [3.63, 3.8) is 0 Å². The van der Waals surface area contributed by atoms with Gasteiger partial charge in [0.2, 0.25) is 0 Å². The molecule has 2 aromatic rings. The molecule has 0 spiro atoms. The maximum Gasteiger partial charge on any atom is 0.272 e. The van der Waals surface area contributed by atoms with Gasteiger partial charge in [0.15, 0.2) is 10.9 Å². The maximum atomic E-state index is 14.1. The monoisotopic (exact) mass is 322 g/mol. The third-order valence-electron chi connectivity index (χ3n) is 3.67. The number of anilines is 2. The number of hydrogen-bond acceptors (Lipinski definition) is 6. The summed E-state index contributed by atoms with van der Waals surface area (Å²) in [6.45, 7) is 3.01. The van der Waals surface area contributed by atoms with E-state index in [1.807, 2.05) is 10.3 Å². The molecule has 0 unspecified atom stereocenters. The molecular formula is C14H15FN4O2S. The van der Waals surface area contributed by atoms with Crippen LogP contribution in [-0.4, -0.2) is 36.1 Å². The van der Waals surface area contributed by atoms with Crippen molar-refractivity contribution in [1.82, 2.24) is 4.98 Å². The molecule has 0 amide bonds. The lowest BCUT2D eigenvalue weighted by Crippen LogP contribution is -2.31. The Bertz CT molecular complexity index is 665. The molecule has 1 aromatic carbocycles. The van der Waals surface area contributed by atoms with Gasteiger partial charge in [-0.2, -0.15) is 0 Å². The van der Waals surface area contributed by atoms with Crippen LogP contribution in [0.5, 0.6) is 0 Å². The van der Waals surface area contributed by atoms with Crippen LogP contribution in [0.1, 0.15) is 6.42 Å². The number of thiazole rings is 1. The van der Waals surface area contributed by atoms with E-state index in [9.17, 15) is 14.5 Å². The first-order chi connectivity index (χ1) is 10.6. The molecule has 8 heteroatoms. The van der Waals surface area contributed by atoms with Gasteiger partial charge in [0, 0.05) is 43.8 Å². The number of benzene rings is 1. The number of nitrogens with zero attached hydrogens (tertiary/aromatic N) is 4. The molecule has 1 aromatic heterocycles. The van der Waals surface area contributed by atoms with E-state index < -0.39 is 10.7 Å². The van der Waals surface area contributed by atoms with E-state index in [0.717, 1.165) is 37.3 Å². The van der Waals surface area contributed by atoms with Crippen LogP contribution >= 0.6 is 11.3 Å². The number of rotatable bonds is 3. The quantitative estimate of drug-likeness (QED) is 0.642. The van der Waals surface area contributed by atoms with Crippen LogP contribution in [0.25, 0.3) is 0 Å². The van der Waals surface area contributed by atoms with Crippen molar-refractivity contribution in [2.45, 2.75) is 6.42 Å². The zero-order valence-corrected chi connectivity index (χ0v) is 12.6. The summed E-state index contributed by atoms with van der Waals surface area (Å²) < 4.78 is 14.1. The summed E-state index contributed by atoms with van der Waals surface area (Å²) >= 11 is 1.59. The normalized spacial score (nSPS) is 15.7. The minimum atomic E-state index is -0.584. The molecule has 0 N–H and O–H groups in total. The van der Waals surface area contributed by atoms with Gasteiger partial charge in [0.25, 0.3) is 5.69 Å². The minimum Gasteiger partial charge on any atom is -0.367 e. The molecule has 1 saturated heterocycles. The van der Waals surface area contributed by atoms with Crippen molar-refractivity contribution in [2.75, 3.05) is 36.0 Å². The third kappa shape index (κ3) is 3.01. The van der Waals surface area contributed by atoms with Crippen LogP contribution in [0.4, 0.5) is 20.9 Å². The second-order valence-corrected chi connectivity index (χ2v) is 5.91. The van der Waals surface area contributed by atoms with Crippen molar-refractivity contribution >= 4 is 27.8 Å². The van der Waals surface area contributed by atoms with Crippen LogP contribution in [0.3, 0.4) is 0 Å². The summed E-state index contributed by atoms with van der Waals surface area (Å²) in [6.07, 6.45) is 2.66. The van der Waals surface area contributed by atoms with Crippen molar-refractivity contribution < 1.29 is 9.31 Å². The number of aromatic nitrogens is 1. The smallest absolute Gasteiger partial charge is 0.272 e. The molecule has 1 aliphatic heterocycles. The highest BCUT2D eigenvalue weighted by Gasteiger charge is 2.20. The average Bonchev–Trinajstić information content (AvgIpc) is 2.92. The molecule has 1 fully saturated rings. The topological polar surface area (TPSA) is 62.5 Å². The largest absolute Gasteiger partial charge is 0.367 e. The predicted octanol–water partition coefficient (Wildman–Crippen LogP) is 2.91. The first kappa shape index (κ1) is 14.7. The molecular weight excluding hydrogens is 307 g/mol.